The molecule has 0 aliphatic carbocycles. The number of benzene rings is 2. The fourth-order valence-electron chi connectivity index (χ4n) is 3.87. The highest BCUT2D eigenvalue weighted by molar-refractivity contribution is 6.39. The average Bonchev–Trinajstić information content (AvgIpc) is 3.13. The van der Waals surface area contributed by atoms with Gasteiger partial charge >= 0.3 is 0 Å². The first-order chi connectivity index (χ1) is 23.6. The molecule has 3 aliphatic heterocycles. The first-order valence-electron chi connectivity index (χ1n) is 14.6. The van der Waals surface area contributed by atoms with E-state index in [0.29, 0.717) is 29.3 Å². The molecule has 18 heteroatoms. The molecule has 0 unspecified atom stereocenters. The number of halogens is 2. The fraction of sp³-hybridized carbons (Fsp3) is 0.212. The van der Waals surface area contributed by atoms with E-state index in [1.165, 1.54) is 39.0 Å². The van der Waals surface area contributed by atoms with Gasteiger partial charge in [-0.1, -0.05) is 64.2 Å². The van der Waals surface area contributed by atoms with Crippen LogP contribution in [0.2, 0.25) is 0 Å². The van der Waals surface area contributed by atoms with Crippen LogP contribution >= 0.6 is 0 Å². The average molecular weight is 704 g/mol. The van der Waals surface area contributed by atoms with Gasteiger partial charge in [-0.05, 0) is 30.2 Å². The van der Waals surface area contributed by atoms with Gasteiger partial charge in [0.25, 0.3) is 0 Å². The predicted octanol–water partition coefficient (Wildman–Crippen LogP) is 2.84. The number of amidine groups is 6. The van der Waals surface area contributed by atoms with Crippen LogP contribution in [0.3, 0.4) is 0 Å². The Kier molecular flexibility index (Phi) is 15.3. The lowest BCUT2D eigenvalue weighted by Gasteiger charge is -2.16. The second-order valence-corrected chi connectivity index (χ2v) is 9.96. The highest BCUT2D eigenvalue weighted by atomic mass is 19.1. The van der Waals surface area contributed by atoms with E-state index in [-0.39, 0.29) is 61.4 Å². The second kappa shape index (κ2) is 19.3. The first kappa shape index (κ1) is 40.5. The summed E-state index contributed by atoms with van der Waals surface area (Å²) < 4.78 is 26.4. The van der Waals surface area contributed by atoms with Crippen molar-refractivity contribution >= 4 is 52.4 Å². The minimum absolute atomic E-state index is 0. The zero-order valence-electron chi connectivity index (χ0n) is 26.7. The Morgan fingerprint density at radius 2 is 1.10 bits per heavy atom. The monoisotopic (exact) mass is 703 g/mol. The van der Waals surface area contributed by atoms with Crippen molar-refractivity contribution in [2.45, 2.75) is 49.0 Å². The summed E-state index contributed by atoms with van der Waals surface area (Å²) in [6, 6.07) is 17.1. The van der Waals surface area contributed by atoms with Crippen LogP contribution in [0, 0.1) is 11.6 Å². The lowest BCUT2D eigenvalue weighted by atomic mass is 10.0. The Bertz CT molecular complexity index is 1910. The highest BCUT2D eigenvalue weighted by Gasteiger charge is 2.18. The summed E-state index contributed by atoms with van der Waals surface area (Å²) in [5.74, 6) is 0.203. The number of carbonyl (C=O) groups excluding carboxylic acids is 3. The Morgan fingerprint density at radius 3 is 1.53 bits per heavy atom. The Labute approximate surface area is 293 Å². The van der Waals surface area contributed by atoms with Gasteiger partial charge in [-0.2, -0.15) is 30.6 Å². The van der Waals surface area contributed by atoms with Crippen molar-refractivity contribution in [3.63, 3.8) is 0 Å². The Hall–Kier alpha value is -6.72. The van der Waals surface area contributed by atoms with E-state index >= 15 is 0 Å². The molecule has 51 heavy (non-hydrogen) atoms. The topological polar surface area (TPSA) is 210 Å². The van der Waals surface area contributed by atoms with Gasteiger partial charge in [0, 0.05) is 26.3 Å². The highest BCUT2D eigenvalue weighted by Crippen LogP contribution is 2.15. The predicted molar refractivity (Wildman–Crippen MR) is 193 cm³/mol. The smallest absolute Gasteiger partial charge is 0.209 e. The summed E-state index contributed by atoms with van der Waals surface area (Å²) in [6.45, 7) is 6.09. The number of hydrogen-bond acceptors (Lipinski definition) is 16. The summed E-state index contributed by atoms with van der Waals surface area (Å²) in [7, 11) is 0. The van der Waals surface area contributed by atoms with E-state index in [0.717, 1.165) is 17.3 Å². The van der Waals surface area contributed by atoms with Gasteiger partial charge in [0.05, 0.1) is 11.8 Å². The molecule has 0 bridgehead atoms. The number of Topliss-reactive ketones (excluding diaryl/α,β-unsaturated/α-hetero) is 3. The standard InChI is InChI=1S/C12H13FN4O.C10H10N4O.C9H8FN5O.2CH4/c1-3-8-5-4-6-9(13)10(8)12-16-14-11(7(2)18)15-17-12;1-7(15)9-11-13-10(14-12-9)8-5-3-2-4-6-8;1-5(16)8-12-14-9(15-13-8)7-3-2-6(10)4-11-7;;/h4-6H,3H2,1-2H3,(H,14,15)(H,16,17);2-6H,1H3,(H,11,12)(H,13,14);2-4H,1H3,(H,12,13)(H,14,15);2*1H4. The van der Waals surface area contributed by atoms with Gasteiger partial charge in [0.1, 0.15) is 17.3 Å². The van der Waals surface area contributed by atoms with E-state index in [9.17, 15) is 23.2 Å². The van der Waals surface area contributed by atoms with E-state index in [2.05, 4.69) is 68.1 Å². The van der Waals surface area contributed by atoms with Crippen LogP contribution < -0.4 is 32.6 Å². The number of hydrazone groups is 6. The molecular formula is C33H39F2N13O3. The number of nitrogens with zero attached hydrogens (tertiary/aromatic N) is 7. The van der Waals surface area contributed by atoms with Gasteiger partial charge in [0.2, 0.25) is 17.5 Å². The molecule has 1 aromatic heterocycles. The molecule has 16 nitrogen and oxygen atoms in total. The molecule has 3 aromatic rings. The first-order valence-corrected chi connectivity index (χ1v) is 14.6. The molecule has 268 valence electrons. The third-order valence-corrected chi connectivity index (χ3v) is 6.38. The zero-order valence-corrected chi connectivity index (χ0v) is 26.7. The van der Waals surface area contributed by atoms with Crippen LogP contribution in [0.4, 0.5) is 8.78 Å². The van der Waals surface area contributed by atoms with Crippen LogP contribution in [0.15, 0.2) is 97.5 Å². The molecule has 2 aromatic carbocycles. The van der Waals surface area contributed by atoms with Crippen molar-refractivity contribution < 1.29 is 23.2 Å². The molecule has 0 saturated heterocycles. The molecule has 3 aliphatic rings. The van der Waals surface area contributed by atoms with Crippen molar-refractivity contribution in [1.29, 1.82) is 0 Å². The molecule has 6 N–H and O–H groups in total. The quantitative estimate of drug-likeness (QED) is 0.212. The van der Waals surface area contributed by atoms with Crippen LogP contribution in [0.1, 0.15) is 64.9 Å². The van der Waals surface area contributed by atoms with Gasteiger partial charge in [-0.15, -0.1) is 0 Å². The minimum Gasteiger partial charge on any atom is -0.291 e. The molecule has 0 saturated carbocycles. The van der Waals surface area contributed by atoms with Crippen molar-refractivity contribution in [3.8, 4) is 0 Å². The SMILES string of the molecule is C.C.CC(=O)C1=NNC(c2ccc(F)cn2)=NN1.CC(=O)C1=NNC(c2ccccc2)=NN1.CCc1cccc(F)c1C1=NNC(C(C)=O)=NN1. The normalized spacial score (nSPS) is 13.8. The van der Waals surface area contributed by atoms with Gasteiger partial charge in [-0.3, -0.25) is 46.9 Å². The molecule has 0 fully saturated rings. The number of hydrogen-bond donors (Lipinski definition) is 6. The van der Waals surface area contributed by atoms with Gasteiger partial charge in [0.15, 0.2) is 34.9 Å². The van der Waals surface area contributed by atoms with Crippen molar-refractivity contribution in [2.24, 2.45) is 30.6 Å². The Balaban J connectivity index is 0.000000261. The third kappa shape index (κ3) is 11.2. The number of carbonyl (C=O) groups is 3. The number of ketones is 3. The van der Waals surface area contributed by atoms with Gasteiger partial charge < -0.3 is 0 Å². The van der Waals surface area contributed by atoms with Gasteiger partial charge in [-0.25, -0.2) is 13.8 Å². The fourth-order valence-corrected chi connectivity index (χ4v) is 3.87. The number of aromatic nitrogens is 1. The molecule has 6 rings (SSSR count). The molecule has 0 atom stereocenters. The number of nitrogens with one attached hydrogen (secondary N) is 6. The van der Waals surface area contributed by atoms with E-state index in [1.807, 2.05) is 43.3 Å². The van der Waals surface area contributed by atoms with E-state index in [1.54, 1.807) is 6.07 Å². The molecule has 0 amide bonds. The zero-order chi connectivity index (χ0) is 35.3. The lowest BCUT2D eigenvalue weighted by molar-refractivity contribution is -0.112. The molecule has 4 heterocycles. The maximum absolute atomic E-state index is 13.8. The summed E-state index contributed by atoms with van der Waals surface area (Å²) in [5.41, 5.74) is 18.0. The summed E-state index contributed by atoms with van der Waals surface area (Å²) >= 11 is 0. The third-order valence-electron chi connectivity index (χ3n) is 6.38. The largest absolute Gasteiger partial charge is 0.291 e. The van der Waals surface area contributed by atoms with Crippen molar-refractivity contribution in [1.82, 2.24) is 37.5 Å². The number of rotatable bonds is 7. The summed E-state index contributed by atoms with van der Waals surface area (Å²) in [6.07, 6.45) is 1.75. The molecule has 0 spiro atoms. The van der Waals surface area contributed by atoms with Crippen molar-refractivity contribution in [2.75, 3.05) is 0 Å². The summed E-state index contributed by atoms with van der Waals surface area (Å²) in [5, 5.41) is 23.2. The number of pyridine rings is 1. The van der Waals surface area contributed by atoms with E-state index in [4.69, 9.17) is 0 Å². The molecule has 0 radical (unpaired) electrons. The van der Waals surface area contributed by atoms with Crippen molar-refractivity contribution in [3.05, 3.63) is 101 Å². The Morgan fingerprint density at radius 1 is 0.588 bits per heavy atom. The van der Waals surface area contributed by atoms with E-state index < -0.39 is 5.82 Å². The van der Waals surface area contributed by atoms with Crippen LogP contribution in [0.25, 0.3) is 0 Å². The lowest BCUT2D eigenvalue weighted by Crippen LogP contribution is -2.38. The number of aryl methyl sites for hydroxylation is 1. The van der Waals surface area contributed by atoms with Crippen LogP contribution in [0.5, 0.6) is 0 Å². The summed E-state index contributed by atoms with van der Waals surface area (Å²) in [4.78, 5) is 36.7. The van der Waals surface area contributed by atoms with Crippen LogP contribution in [-0.2, 0) is 20.8 Å². The maximum atomic E-state index is 13.8. The minimum atomic E-state index is -0.430. The maximum Gasteiger partial charge on any atom is 0.209 e. The second-order valence-electron chi connectivity index (χ2n) is 9.96. The van der Waals surface area contributed by atoms with Crippen LogP contribution in [-0.4, -0.2) is 57.3 Å². The molecular weight excluding hydrogens is 664 g/mol.